The number of nitrogens with one attached hydrogen (secondary N) is 1. The minimum atomic E-state index is 0.0555. The molecule has 2 amide bonds. The molecule has 130 valence electrons. The lowest BCUT2D eigenvalue weighted by atomic mass is 10.0. The van der Waals surface area contributed by atoms with Gasteiger partial charge >= 0.3 is 6.03 Å². The van der Waals surface area contributed by atoms with Crippen molar-refractivity contribution in [2.75, 3.05) is 20.3 Å². The van der Waals surface area contributed by atoms with E-state index in [1.165, 1.54) is 6.42 Å². The van der Waals surface area contributed by atoms with Gasteiger partial charge in [-0.1, -0.05) is 6.92 Å². The van der Waals surface area contributed by atoms with E-state index in [2.05, 4.69) is 17.3 Å². The molecule has 6 heteroatoms. The summed E-state index contributed by atoms with van der Waals surface area (Å²) in [5.74, 6) is 0. The zero-order valence-corrected chi connectivity index (χ0v) is 14.9. The Labute approximate surface area is 139 Å². The average Bonchev–Trinajstić information content (AvgIpc) is 2.84. The number of nitrogens with zero attached hydrogens (tertiary/aromatic N) is 3. The summed E-state index contributed by atoms with van der Waals surface area (Å²) in [5, 5.41) is 7.63. The van der Waals surface area contributed by atoms with Gasteiger partial charge in [0.1, 0.15) is 0 Å². The lowest BCUT2D eigenvalue weighted by molar-refractivity contribution is 0.148. The summed E-state index contributed by atoms with van der Waals surface area (Å²) in [4.78, 5) is 14.5. The van der Waals surface area contributed by atoms with Crippen molar-refractivity contribution < 1.29 is 9.53 Å². The summed E-state index contributed by atoms with van der Waals surface area (Å²) in [7, 11) is 1.69. The predicted octanol–water partition coefficient (Wildman–Crippen LogP) is 2.62. The first kappa shape index (κ1) is 17.8. The summed E-state index contributed by atoms with van der Waals surface area (Å²) in [6.07, 6.45) is 4.49. The molecule has 2 rings (SSSR count). The standard InChI is InChI=1S/C17H30N4O2/c1-5-15-8-6-7-9-20(15)17(22)18-12-16-13(2)19-21(14(16)3)10-11-23-4/h15H,5-12H2,1-4H3,(H,18,22). The number of rotatable bonds is 6. The van der Waals surface area contributed by atoms with Crippen LogP contribution in [0.3, 0.4) is 0 Å². The topological polar surface area (TPSA) is 59.4 Å². The summed E-state index contributed by atoms with van der Waals surface area (Å²) in [5.41, 5.74) is 3.19. The molecule has 1 aromatic heterocycles. The number of likely N-dealkylation sites (tertiary alicyclic amines) is 1. The highest BCUT2D eigenvalue weighted by Crippen LogP contribution is 2.20. The first-order valence-corrected chi connectivity index (χ1v) is 8.64. The van der Waals surface area contributed by atoms with E-state index in [0.29, 0.717) is 19.2 Å². The molecule has 1 atom stereocenters. The van der Waals surface area contributed by atoms with Crippen molar-refractivity contribution in [3.63, 3.8) is 0 Å². The van der Waals surface area contributed by atoms with E-state index >= 15 is 0 Å². The van der Waals surface area contributed by atoms with Crippen LogP contribution in [0.2, 0.25) is 0 Å². The van der Waals surface area contributed by atoms with E-state index in [0.717, 1.165) is 49.3 Å². The molecule has 0 bridgehead atoms. The van der Waals surface area contributed by atoms with Crippen molar-refractivity contribution in [1.29, 1.82) is 0 Å². The van der Waals surface area contributed by atoms with Crippen molar-refractivity contribution in [2.45, 2.75) is 65.6 Å². The first-order valence-electron chi connectivity index (χ1n) is 8.64. The second-order valence-electron chi connectivity index (χ2n) is 6.28. The van der Waals surface area contributed by atoms with E-state index in [9.17, 15) is 4.79 Å². The normalized spacial score (nSPS) is 18.3. The summed E-state index contributed by atoms with van der Waals surface area (Å²) >= 11 is 0. The molecule has 1 fully saturated rings. The number of urea groups is 1. The van der Waals surface area contributed by atoms with Crippen LogP contribution < -0.4 is 5.32 Å². The van der Waals surface area contributed by atoms with Gasteiger partial charge in [0.15, 0.2) is 0 Å². The SMILES string of the molecule is CCC1CCCCN1C(=O)NCc1c(C)nn(CCOC)c1C. The molecule has 0 saturated carbocycles. The van der Waals surface area contributed by atoms with Gasteiger partial charge in [0.2, 0.25) is 0 Å². The van der Waals surface area contributed by atoms with E-state index in [4.69, 9.17) is 4.74 Å². The Morgan fingerprint density at radius 2 is 2.17 bits per heavy atom. The Hall–Kier alpha value is -1.56. The van der Waals surface area contributed by atoms with Gasteiger partial charge in [-0.05, 0) is 39.5 Å². The molecule has 0 radical (unpaired) electrons. The maximum absolute atomic E-state index is 12.5. The Bertz CT molecular complexity index is 527. The van der Waals surface area contributed by atoms with Crippen LogP contribution in [0.4, 0.5) is 4.79 Å². The Morgan fingerprint density at radius 1 is 1.39 bits per heavy atom. The molecule has 1 aromatic rings. The molecular formula is C17H30N4O2. The Kier molecular flexibility index (Phi) is 6.45. The van der Waals surface area contributed by atoms with Crippen LogP contribution in [-0.2, 0) is 17.8 Å². The number of carbonyl (C=O) groups excluding carboxylic acids is 1. The molecule has 1 saturated heterocycles. The second-order valence-corrected chi connectivity index (χ2v) is 6.28. The fourth-order valence-corrected chi connectivity index (χ4v) is 3.34. The maximum Gasteiger partial charge on any atom is 0.317 e. The maximum atomic E-state index is 12.5. The summed E-state index contributed by atoms with van der Waals surface area (Å²) in [6.45, 7) is 8.98. The second kappa shape index (κ2) is 8.34. The van der Waals surface area contributed by atoms with E-state index in [1.807, 2.05) is 23.4 Å². The molecule has 1 aliphatic rings. The van der Waals surface area contributed by atoms with Gasteiger partial charge < -0.3 is 15.0 Å². The molecule has 1 aliphatic heterocycles. The fourth-order valence-electron chi connectivity index (χ4n) is 3.34. The Morgan fingerprint density at radius 3 is 2.87 bits per heavy atom. The van der Waals surface area contributed by atoms with Gasteiger partial charge in [-0.2, -0.15) is 5.10 Å². The van der Waals surface area contributed by atoms with Crippen LogP contribution in [0.1, 0.15) is 49.6 Å². The number of ether oxygens (including phenoxy) is 1. The van der Waals surface area contributed by atoms with Crippen molar-refractivity contribution in [1.82, 2.24) is 20.0 Å². The number of amides is 2. The van der Waals surface area contributed by atoms with E-state index in [-0.39, 0.29) is 6.03 Å². The van der Waals surface area contributed by atoms with Gasteiger partial charge in [0.25, 0.3) is 0 Å². The lowest BCUT2D eigenvalue weighted by Crippen LogP contribution is -2.48. The van der Waals surface area contributed by atoms with Gasteiger partial charge in [-0.3, -0.25) is 4.68 Å². The van der Waals surface area contributed by atoms with Crippen LogP contribution in [0.5, 0.6) is 0 Å². The number of carbonyl (C=O) groups is 1. The average molecular weight is 322 g/mol. The third-order valence-electron chi connectivity index (χ3n) is 4.81. The van der Waals surface area contributed by atoms with E-state index < -0.39 is 0 Å². The minimum Gasteiger partial charge on any atom is -0.383 e. The number of aryl methyl sites for hydroxylation is 1. The van der Waals surface area contributed by atoms with E-state index in [1.54, 1.807) is 7.11 Å². The largest absolute Gasteiger partial charge is 0.383 e. The van der Waals surface area contributed by atoms with Crippen molar-refractivity contribution in [3.8, 4) is 0 Å². The molecule has 0 aliphatic carbocycles. The predicted molar refractivity (Wildman–Crippen MR) is 90.4 cm³/mol. The minimum absolute atomic E-state index is 0.0555. The highest BCUT2D eigenvalue weighted by molar-refractivity contribution is 5.74. The van der Waals surface area contributed by atoms with Crippen LogP contribution >= 0.6 is 0 Å². The van der Waals surface area contributed by atoms with Gasteiger partial charge in [-0.25, -0.2) is 4.79 Å². The molecule has 6 nitrogen and oxygen atoms in total. The number of methoxy groups -OCH3 is 1. The molecule has 0 aromatic carbocycles. The number of hydrogen-bond acceptors (Lipinski definition) is 3. The highest BCUT2D eigenvalue weighted by Gasteiger charge is 2.25. The van der Waals surface area contributed by atoms with Crippen LogP contribution in [0.15, 0.2) is 0 Å². The quantitative estimate of drug-likeness (QED) is 0.876. The van der Waals surface area contributed by atoms with Crippen molar-refractivity contribution >= 4 is 6.03 Å². The van der Waals surface area contributed by atoms with Crippen molar-refractivity contribution in [2.24, 2.45) is 0 Å². The van der Waals surface area contributed by atoms with Gasteiger partial charge in [0.05, 0.1) is 18.8 Å². The van der Waals surface area contributed by atoms with Crippen LogP contribution in [-0.4, -0.2) is 47.0 Å². The number of piperidine rings is 1. The monoisotopic (exact) mass is 322 g/mol. The van der Waals surface area contributed by atoms with Gasteiger partial charge in [0, 0.05) is 37.5 Å². The third kappa shape index (κ3) is 4.25. The molecule has 0 spiro atoms. The van der Waals surface area contributed by atoms with Crippen LogP contribution in [0, 0.1) is 13.8 Å². The number of hydrogen-bond donors (Lipinski definition) is 1. The number of aromatic nitrogens is 2. The summed E-state index contributed by atoms with van der Waals surface area (Å²) in [6, 6.07) is 0.440. The van der Waals surface area contributed by atoms with Crippen LogP contribution in [0.25, 0.3) is 0 Å². The lowest BCUT2D eigenvalue weighted by Gasteiger charge is -2.35. The fraction of sp³-hybridized carbons (Fsp3) is 0.765. The van der Waals surface area contributed by atoms with Crippen molar-refractivity contribution in [3.05, 3.63) is 17.0 Å². The third-order valence-corrected chi connectivity index (χ3v) is 4.81. The highest BCUT2D eigenvalue weighted by atomic mass is 16.5. The molecule has 23 heavy (non-hydrogen) atoms. The first-order chi connectivity index (χ1) is 11.1. The summed E-state index contributed by atoms with van der Waals surface area (Å²) < 4.78 is 7.07. The molecule has 2 heterocycles. The Balaban J connectivity index is 1.97. The molecule has 1 N–H and O–H groups in total. The smallest absolute Gasteiger partial charge is 0.317 e. The molecule has 1 unspecified atom stereocenters. The zero-order chi connectivity index (χ0) is 16.8. The molecular weight excluding hydrogens is 292 g/mol. The zero-order valence-electron chi connectivity index (χ0n) is 14.9. The van der Waals surface area contributed by atoms with Gasteiger partial charge in [-0.15, -0.1) is 0 Å².